The molecule has 0 aromatic heterocycles. The zero-order chi connectivity index (χ0) is 15.4. The van der Waals surface area contributed by atoms with Gasteiger partial charge >= 0.3 is 5.97 Å². The van der Waals surface area contributed by atoms with E-state index in [9.17, 15) is 9.59 Å². The van der Waals surface area contributed by atoms with Crippen LogP contribution in [0.4, 0.5) is 0 Å². The van der Waals surface area contributed by atoms with Gasteiger partial charge in [-0.25, -0.2) is 5.01 Å². The lowest BCUT2D eigenvalue weighted by Crippen LogP contribution is -2.47. The molecule has 0 amide bonds. The molecule has 1 aromatic rings. The summed E-state index contributed by atoms with van der Waals surface area (Å²) in [6, 6.07) is 9.36. The minimum atomic E-state index is -0.735. The molecule has 1 fully saturated rings. The maximum absolute atomic E-state index is 12.5. The number of hydrazine groups is 1. The van der Waals surface area contributed by atoms with Gasteiger partial charge in [-0.15, -0.1) is 11.8 Å². The van der Waals surface area contributed by atoms with E-state index in [4.69, 9.17) is 10.6 Å². The number of hydrogen-bond acceptors (Lipinski definition) is 6. The van der Waals surface area contributed by atoms with Crippen molar-refractivity contribution in [3.8, 4) is 0 Å². The van der Waals surface area contributed by atoms with Gasteiger partial charge in [0.1, 0.15) is 5.92 Å². The van der Waals surface area contributed by atoms with Gasteiger partial charge in [-0.05, 0) is 12.0 Å². The smallest absolute Gasteiger partial charge is 0.316 e. The van der Waals surface area contributed by atoms with Crippen LogP contribution in [0, 0.1) is 5.92 Å². The van der Waals surface area contributed by atoms with Crippen LogP contribution in [0.15, 0.2) is 30.3 Å². The highest BCUT2D eigenvalue weighted by molar-refractivity contribution is 7.99. The predicted octanol–water partition coefficient (Wildman–Crippen LogP) is 1.74. The van der Waals surface area contributed by atoms with Gasteiger partial charge in [0, 0.05) is 5.75 Å². The van der Waals surface area contributed by atoms with Crippen molar-refractivity contribution in [2.24, 2.45) is 11.8 Å². The van der Waals surface area contributed by atoms with Gasteiger partial charge in [0.2, 0.25) is 0 Å². The molecular weight excluding hydrogens is 288 g/mol. The lowest BCUT2D eigenvalue weighted by atomic mass is 9.96. The lowest BCUT2D eigenvalue weighted by Gasteiger charge is -2.25. The molecule has 1 aliphatic heterocycles. The Morgan fingerprint density at radius 3 is 2.67 bits per heavy atom. The molecule has 21 heavy (non-hydrogen) atoms. The number of ketones is 1. The van der Waals surface area contributed by atoms with Crippen LogP contribution in [0.3, 0.4) is 0 Å². The first-order valence-electron chi connectivity index (χ1n) is 6.91. The summed E-state index contributed by atoms with van der Waals surface area (Å²) in [4.78, 5) is 24.2. The molecule has 5 nitrogen and oxygen atoms in total. The molecule has 0 aliphatic carbocycles. The minimum absolute atomic E-state index is 0.0599. The standard InChI is InChI=1S/C15H20N2O3S/c1-3-11(15(19)20-2)13(18)12-9-21-14(17(12)16)10-7-5-4-6-8-10/h4-8,11-12,14H,3,9,16H2,1-2H3. The largest absolute Gasteiger partial charge is 0.468 e. The summed E-state index contributed by atoms with van der Waals surface area (Å²) in [6.07, 6.45) is 0.427. The highest BCUT2D eigenvalue weighted by Crippen LogP contribution is 2.39. The lowest BCUT2D eigenvalue weighted by molar-refractivity contribution is -0.150. The van der Waals surface area contributed by atoms with E-state index in [0.717, 1.165) is 5.56 Å². The Balaban J connectivity index is 2.12. The fourth-order valence-electron chi connectivity index (χ4n) is 2.49. The number of carbonyl (C=O) groups is 2. The molecule has 2 rings (SSSR count). The van der Waals surface area contributed by atoms with Gasteiger partial charge in [-0.1, -0.05) is 37.3 Å². The first-order valence-corrected chi connectivity index (χ1v) is 7.96. The van der Waals surface area contributed by atoms with Crippen molar-refractivity contribution >= 4 is 23.5 Å². The van der Waals surface area contributed by atoms with E-state index in [2.05, 4.69) is 0 Å². The summed E-state index contributed by atoms with van der Waals surface area (Å²) >= 11 is 1.62. The molecule has 114 valence electrons. The van der Waals surface area contributed by atoms with E-state index in [-0.39, 0.29) is 11.2 Å². The van der Waals surface area contributed by atoms with Crippen molar-refractivity contribution in [2.45, 2.75) is 24.8 Å². The third kappa shape index (κ3) is 3.28. The second kappa shape index (κ2) is 7.06. The Labute approximate surface area is 128 Å². The molecule has 0 spiro atoms. The zero-order valence-corrected chi connectivity index (χ0v) is 13.0. The maximum Gasteiger partial charge on any atom is 0.316 e. The van der Waals surface area contributed by atoms with Gasteiger partial charge in [0.25, 0.3) is 0 Å². The van der Waals surface area contributed by atoms with Crippen LogP contribution in [0.2, 0.25) is 0 Å². The molecule has 0 bridgehead atoms. The number of nitrogens with two attached hydrogens (primary N) is 1. The molecule has 3 unspecified atom stereocenters. The van der Waals surface area contributed by atoms with E-state index < -0.39 is 17.9 Å². The highest BCUT2D eigenvalue weighted by atomic mass is 32.2. The summed E-state index contributed by atoms with van der Waals surface area (Å²) in [5, 5.41) is 1.50. The van der Waals surface area contributed by atoms with E-state index in [1.807, 2.05) is 30.3 Å². The second-order valence-corrected chi connectivity index (χ2v) is 6.06. The number of Topliss-reactive ketones (excluding diaryl/α,β-unsaturated/α-hetero) is 1. The van der Waals surface area contributed by atoms with Crippen molar-refractivity contribution in [2.75, 3.05) is 12.9 Å². The highest BCUT2D eigenvalue weighted by Gasteiger charge is 2.41. The van der Waals surface area contributed by atoms with Gasteiger partial charge < -0.3 is 4.74 Å². The predicted molar refractivity (Wildman–Crippen MR) is 82.3 cm³/mol. The van der Waals surface area contributed by atoms with Crippen LogP contribution in [-0.4, -0.2) is 35.7 Å². The fourth-order valence-corrected chi connectivity index (χ4v) is 3.86. The molecule has 6 heteroatoms. The number of esters is 1. The Bertz CT molecular complexity index is 509. The van der Waals surface area contributed by atoms with E-state index in [1.165, 1.54) is 7.11 Å². The van der Waals surface area contributed by atoms with Crippen molar-refractivity contribution in [3.05, 3.63) is 35.9 Å². The number of rotatable bonds is 5. The van der Waals surface area contributed by atoms with Crippen molar-refractivity contribution in [3.63, 3.8) is 0 Å². The maximum atomic E-state index is 12.5. The van der Waals surface area contributed by atoms with E-state index in [1.54, 1.807) is 23.7 Å². The second-order valence-electron chi connectivity index (χ2n) is 4.95. The van der Waals surface area contributed by atoms with Gasteiger partial charge in [0.05, 0.1) is 18.5 Å². The molecule has 0 saturated carbocycles. The quantitative estimate of drug-likeness (QED) is 0.507. The first-order chi connectivity index (χ1) is 10.1. The summed E-state index contributed by atoms with van der Waals surface area (Å²) in [5.74, 6) is 5.34. The van der Waals surface area contributed by atoms with Crippen molar-refractivity contribution in [1.29, 1.82) is 0 Å². The van der Waals surface area contributed by atoms with Gasteiger partial charge in [-0.2, -0.15) is 0 Å². The van der Waals surface area contributed by atoms with Crippen LogP contribution in [0.5, 0.6) is 0 Å². The molecule has 1 saturated heterocycles. The third-order valence-corrected chi connectivity index (χ3v) is 5.03. The molecule has 1 aliphatic rings. The van der Waals surface area contributed by atoms with E-state index in [0.29, 0.717) is 12.2 Å². The summed E-state index contributed by atoms with van der Waals surface area (Å²) in [6.45, 7) is 1.80. The number of methoxy groups -OCH3 is 1. The van der Waals surface area contributed by atoms with Crippen LogP contribution < -0.4 is 5.84 Å². The Hall–Kier alpha value is -1.37. The van der Waals surface area contributed by atoms with Crippen LogP contribution in [0.25, 0.3) is 0 Å². The first kappa shape index (κ1) is 16.0. The molecule has 3 atom stereocenters. The normalized spacial score (nSPS) is 23.8. The summed E-state index contributed by atoms with van der Waals surface area (Å²) < 4.78 is 4.70. The number of benzene rings is 1. The van der Waals surface area contributed by atoms with Crippen LogP contribution in [-0.2, 0) is 14.3 Å². The molecular formula is C15H20N2O3S. The average Bonchev–Trinajstić information content (AvgIpc) is 2.90. The molecule has 0 radical (unpaired) electrons. The van der Waals surface area contributed by atoms with Crippen molar-refractivity contribution in [1.82, 2.24) is 5.01 Å². The Kier molecular flexibility index (Phi) is 5.39. The summed E-state index contributed by atoms with van der Waals surface area (Å²) in [7, 11) is 1.30. The van der Waals surface area contributed by atoms with E-state index >= 15 is 0 Å². The summed E-state index contributed by atoms with van der Waals surface area (Å²) in [5.41, 5.74) is 1.06. The fraction of sp³-hybridized carbons (Fsp3) is 0.467. The number of thioether (sulfide) groups is 1. The number of hydrogen-bond donors (Lipinski definition) is 1. The molecule has 1 aromatic carbocycles. The van der Waals surface area contributed by atoms with Gasteiger partial charge in [-0.3, -0.25) is 15.4 Å². The van der Waals surface area contributed by atoms with Crippen LogP contribution in [0.1, 0.15) is 24.3 Å². The number of carbonyl (C=O) groups excluding carboxylic acids is 2. The zero-order valence-electron chi connectivity index (χ0n) is 12.2. The van der Waals surface area contributed by atoms with Gasteiger partial charge in [0.15, 0.2) is 5.78 Å². The molecule has 1 heterocycles. The van der Waals surface area contributed by atoms with Crippen LogP contribution >= 0.6 is 11.8 Å². The van der Waals surface area contributed by atoms with Crippen molar-refractivity contribution < 1.29 is 14.3 Å². The molecule has 2 N–H and O–H groups in total. The SMILES string of the molecule is CCC(C(=O)OC)C(=O)C1CSC(c2ccccc2)N1N. The Morgan fingerprint density at radius 2 is 2.10 bits per heavy atom. The number of ether oxygens (including phenoxy) is 1. The topological polar surface area (TPSA) is 72.6 Å². The third-order valence-electron chi connectivity index (χ3n) is 3.69. The number of nitrogens with zero attached hydrogens (tertiary/aromatic N) is 1. The Morgan fingerprint density at radius 1 is 1.43 bits per heavy atom. The average molecular weight is 308 g/mol. The monoisotopic (exact) mass is 308 g/mol. The minimum Gasteiger partial charge on any atom is -0.468 e.